The molecule has 3 aromatic rings. The number of hydrogen-bond donors (Lipinski definition) is 1. The topological polar surface area (TPSA) is 83.5 Å². The Morgan fingerprint density at radius 2 is 1.88 bits per heavy atom. The molecule has 0 spiro atoms. The predicted octanol–water partition coefficient (Wildman–Crippen LogP) is 6.96. The Labute approximate surface area is 252 Å². The molecule has 2 saturated heterocycles. The van der Waals surface area contributed by atoms with Gasteiger partial charge in [0.1, 0.15) is 23.3 Å². The van der Waals surface area contributed by atoms with E-state index in [0.717, 1.165) is 36.4 Å². The molecule has 2 fully saturated rings. The van der Waals surface area contributed by atoms with Gasteiger partial charge < -0.3 is 15.0 Å². The number of rotatable bonds is 8. The first-order chi connectivity index (χ1) is 20.3. The van der Waals surface area contributed by atoms with Crippen molar-refractivity contribution in [2.75, 3.05) is 36.5 Å². The summed E-state index contributed by atoms with van der Waals surface area (Å²) in [6, 6.07) is 4.67. The highest BCUT2D eigenvalue weighted by atomic mass is 32.1. The SMILES string of the molecule is CCOC(=O)C1(C)CCN(c2cc(Nc3nc(-c4cc(F)cc(C(F)(F)F)c4)c(CN4CCC[C@H]4C)s3)nc(C)n2)CC1. The zero-order chi connectivity index (χ0) is 30.9. The van der Waals surface area contributed by atoms with E-state index < -0.39 is 23.0 Å². The van der Waals surface area contributed by atoms with Gasteiger partial charge in [-0.25, -0.2) is 19.3 Å². The molecule has 5 rings (SSSR count). The third-order valence-corrected chi connectivity index (χ3v) is 9.21. The fourth-order valence-corrected chi connectivity index (χ4v) is 6.68. The average molecular weight is 621 g/mol. The number of esters is 1. The summed E-state index contributed by atoms with van der Waals surface area (Å²) in [5, 5.41) is 3.66. The summed E-state index contributed by atoms with van der Waals surface area (Å²) in [6.45, 7) is 10.6. The van der Waals surface area contributed by atoms with Gasteiger partial charge in [-0.1, -0.05) is 11.3 Å². The second-order valence-corrected chi connectivity index (χ2v) is 12.6. The molecule has 2 aliphatic heterocycles. The van der Waals surface area contributed by atoms with Crippen LogP contribution in [0.15, 0.2) is 24.3 Å². The van der Waals surface area contributed by atoms with Crippen molar-refractivity contribution in [3.63, 3.8) is 0 Å². The van der Waals surface area contributed by atoms with E-state index >= 15 is 0 Å². The smallest absolute Gasteiger partial charge is 0.416 e. The fourth-order valence-electron chi connectivity index (χ4n) is 5.67. The standard InChI is InChI=1S/C30H36F4N6O2S/c1-5-42-27(41)29(4)8-11-39(12-9-29)25-16-24(35-19(3)36-25)37-28-38-26(23(43-28)17-40-10-6-7-18(40)2)20-13-21(30(32,33)34)15-22(31)14-20/h13-16,18H,5-12,17H2,1-4H3,(H,35,36,37,38)/t18-/m1/s1. The number of carbonyl (C=O) groups excluding carboxylic acids is 1. The number of anilines is 3. The van der Waals surface area contributed by atoms with Crippen LogP contribution in [0, 0.1) is 18.2 Å². The number of likely N-dealkylation sites (tertiary alicyclic amines) is 1. The van der Waals surface area contributed by atoms with E-state index in [-0.39, 0.29) is 11.5 Å². The van der Waals surface area contributed by atoms with E-state index in [4.69, 9.17) is 4.74 Å². The highest BCUT2D eigenvalue weighted by molar-refractivity contribution is 7.16. The summed E-state index contributed by atoms with van der Waals surface area (Å²) < 4.78 is 60.3. The summed E-state index contributed by atoms with van der Waals surface area (Å²) in [6.07, 6.45) is -1.36. The summed E-state index contributed by atoms with van der Waals surface area (Å²) in [4.78, 5) is 31.3. The van der Waals surface area contributed by atoms with Crippen molar-refractivity contribution in [2.24, 2.45) is 5.41 Å². The van der Waals surface area contributed by atoms with Crippen LogP contribution in [0.5, 0.6) is 0 Å². The minimum Gasteiger partial charge on any atom is -0.466 e. The lowest BCUT2D eigenvalue weighted by Crippen LogP contribution is -2.43. The van der Waals surface area contributed by atoms with Gasteiger partial charge in [0, 0.05) is 42.2 Å². The lowest BCUT2D eigenvalue weighted by atomic mass is 9.80. The van der Waals surface area contributed by atoms with Gasteiger partial charge in [0.05, 0.1) is 23.3 Å². The Kier molecular flexibility index (Phi) is 8.94. The zero-order valence-corrected chi connectivity index (χ0v) is 25.5. The van der Waals surface area contributed by atoms with Crippen molar-refractivity contribution in [2.45, 2.75) is 72.1 Å². The van der Waals surface area contributed by atoms with Crippen LogP contribution in [0.4, 0.5) is 34.3 Å². The molecular weight excluding hydrogens is 584 g/mol. The maximum absolute atomic E-state index is 14.4. The average Bonchev–Trinajstić information content (AvgIpc) is 3.53. The Bertz CT molecular complexity index is 1470. The van der Waals surface area contributed by atoms with Gasteiger partial charge in [0.25, 0.3) is 0 Å². The Balaban J connectivity index is 1.42. The van der Waals surface area contributed by atoms with Gasteiger partial charge in [-0.2, -0.15) is 13.2 Å². The summed E-state index contributed by atoms with van der Waals surface area (Å²) in [5.74, 6) is 0.558. The monoisotopic (exact) mass is 620 g/mol. The second kappa shape index (κ2) is 12.4. The number of benzene rings is 1. The Hall–Kier alpha value is -3.32. The predicted molar refractivity (Wildman–Crippen MR) is 158 cm³/mol. The maximum Gasteiger partial charge on any atom is 0.416 e. The number of nitrogens with one attached hydrogen (secondary N) is 1. The molecule has 0 unspecified atom stereocenters. The number of aromatic nitrogens is 3. The minimum absolute atomic E-state index is 0.0796. The fraction of sp³-hybridized carbons (Fsp3) is 0.533. The van der Waals surface area contributed by atoms with Crippen LogP contribution < -0.4 is 10.2 Å². The second-order valence-electron chi connectivity index (χ2n) is 11.5. The lowest BCUT2D eigenvalue weighted by Gasteiger charge is -2.38. The molecule has 0 aliphatic carbocycles. The van der Waals surface area contributed by atoms with Gasteiger partial charge in [-0.05, 0) is 78.1 Å². The van der Waals surface area contributed by atoms with E-state index in [1.165, 1.54) is 11.3 Å². The number of piperidine rings is 1. The van der Waals surface area contributed by atoms with Gasteiger partial charge in [0.2, 0.25) is 0 Å². The first-order valence-corrected chi connectivity index (χ1v) is 15.3. The van der Waals surface area contributed by atoms with Crippen molar-refractivity contribution in [1.82, 2.24) is 19.9 Å². The first-order valence-electron chi connectivity index (χ1n) is 14.5. The summed E-state index contributed by atoms with van der Waals surface area (Å²) in [5.41, 5.74) is -1.20. The van der Waals surface area contributed by atoms with Crippen molar-refractivity contribution >= 4 is 34.1 Å². The molecule has 1 N–H and O–H groups in total. The van der Waals surface area contributed by atoms with E-state index in [1.807, 2.05) is 6.92 Å². The molecule has 1 atom stereocenters. The number of halogens is 4. The Morgan fingerprint density at radius 3 is 2.53 bits per heavy atom. The van der Waals surface area contributed by atoms with Crippen LogP contribution in [0.1, 0.15) is 62.7 Å². The van der Waals surface area contributed by atoms with Crippen LogP contribution in [-0.4, -0.2) is 58.1 Å². The number of aryl methyl sites for hydroxylation is 1. The van der Waals surface area contributed by atoms with E-state index in [1.54, 1.807) is 19.9 Å². The highest BCUT2D eigenvalue weighted by Gasteiger charge is 2.38. The maximum atomic E-state index is 14.4. The lowest BCUT2D eigenvalue weighted by molar-refractivity contribution is -0.155. The highest BCUT2D eigenvalue weighted by Crippen LogP contribution is 2.39. The van der Waals surface area contributed by atoms with Crippen LogP contribution in [0.2, 0.25) is 0 Å². The summed E-state index contributed by atoms with van der Waals surface area (Å²) in [7, 11) is 0. The zero-order valence-electron chi connectivity index (χ0n) is 24.7. The number of hydrogen-bond acceptors (Lipinski definition) is 9. The van der Waals surface area contributed by atoms with Crippen LogP contribution in [-0.2, 0) is 22.3 Å². The molecule has 2 aliphatic rings. The number of alkyl halides is 3. The third kappa shape index (κ3) is 7.09. The van der Waals surface area contributed by atoms with Crippen molar-refractivity contribution in [1.29, 1.82) is 0 Å². The number of ether oxygens (including phenoxy) is 1. The normalized spacial score (nSPS) is 19.1. The molecular formula is C30H36F4N6O2S. The molecule has 0 saturated carbocycles. The molecule has 232 valence electrons. The van der Waals surface area contributed by atoms with Gasteiger partial charge in [0.15, 0.2) is 5.13 Å². The van der Waals surface area contributed by atoms with Gasteiger partial charge in [-0.3, -0.25) is 9.69 Å². The largest absolute Gasteiger partial charge is 0.466 e. The van der Waals surface area contributed by atoms with E-state index in [2.05, 4.69) is 37.0 Å². The van der Waals surface area contributed by atoms with E-state index in [0.29, 0.717) is 79.5 Å². The molecule has 0 bridgehead atoms. The van der Waals surface area contributed by atoms with E-state index in [9.17, 15) is 22.4 Å². The summed E-state index contributed by atoms with van der Waals surface area (Å²) >= 11 is 1.32. The number of thiazole rings is 1. The Morgan fingerprint density at radius 1 is 1.14 bits per heavy atom. The number of nitrogens with zero attached hydrogens (tertiary/aromatic N) is 5. The molecule has 13 heteroatoms. The molecule has 4 heterocycles. The molecule has 0 radical (unpaired) electrons. The van der Waals surface area contributed by atoms with Gasteiger partial charge >= 0.3 is 12.1 Å². The molecule has 2 aromatic heterocycles. The first kappa shape index (κ1) is 31.1. The molecule has 0 amide bonds. The number of carbonyl (C=O) groups is 1. The van der Waals surface area contributed by atoms with Crippen LogP contribution in [0.3, 0.4) is 0 Å². The van der Waals surface area contributed by atoms with Crippen molar-refractivity contribution in [3.05, 3.63) is 46.3 Å². The van der Waals surface area contributed by atoms with Crippen LogP contribution in [0.25, 0.3) is 11.3 Å². The van der Waals surface area contributed by atoms with Crippen LogP contribution >= 0.6 is 11.3 Å². The quantitative estimate of drug-likeness (QED) is 0.214. The molecule has 1 aromatic carbocycles. The molecule has 8 nitrogen and oxygen atoms in total. The third-order valence-electron chi connectivity index (χ3n) is 8.25. The van der Waals surface area contributed by atoms with Crippen molar-refractivity contribution < 1.29 is 27.1 Å². The van der Waals surface area contributed by atoms with Gasteiger partial charge in [-0.15, -0.1) is 0 Å². The minimum atomic E-state index is -4.69. The van der Waals surface area contributed by atoms with Crippen molar-refractivity contribution in [3.8, 4) is 11.3 Å². The molecule has 43 heavy (non-hydrogen) atoms.